The van der Waals surface area contributed by atoms with Crippen LogP contribution in [0.25, 0.3) is 0 Å². The predicted octanol–water partition coefficient (Wildman–Crippen LogP) is 2.03. The van der Waals surface area contributed by atoms with Crippen molar-refractivity contribution in [3.05, 3.63) is 12.2 Å². The molecule has 0 aromatic carbocycles. The van der Waals surface area contributed by atoms with Crippen LogP contribution in [0.1, 0.15) is 32.6 Å². The highest BCUT2D eigenvalue weighted by Gasteiger charge is 2.28. The van der Waals surface area contributed by atoms with Gasteiger partial charge in [-0.15, -0.1) is 0 Å². The summed E-state index contributed by atoms with van der Waals surface area (Å²) in [5.41, 5.74) is 1.32. The van der Waals surface area contributed by atoms with E-state index in [2.05, 4.69) is 23.7 Å². The SMILES string of the molecule is C=C(CNC)CN(CCCC)C1CC1. The summed E-state index contributed by atoms with van der Waals surface area (Å²) in [7, 11) is 1.98. The molecule has 1 aliphatic carbocycles. The number of nitrogens with zero attached hydrogens (tertiary/aromatic N) is 1. The Bertz CT molecular complexity index is 173. The largest absolute Gasteiger partial charge is 0.316 e. The first kappa shape index (κ1) is 11.7. The topological polar surface area (TPSA) is 15.3 Å². The average Bonchev–Trinajstić information content (AvgIpc) is 2.95. The van der Waals surface area contributed by atoms with Crippen molar-refractivity contribution in [1.82, 2.24) is 10.2 Å². The smallest absolute Gasteiger partial charge is 0.0205 e. The van der Waals surface area contributed by atoms with Gasteiger partial charge in [-0.2, -0.15) is 0 Å². The molecule has 14 heavy (non-hydrogen) atoms. The second kappa shape index (κ2) is 6.20. The summed E-state index contributed by atoms with van der Waals surface area (Å²) in [4.78, 5) is 2.60. The second-order valence-electron chi connectivity index (χ2n) is 4.34. The van der Waals surface area contributed by atoms with Crippen molar-refractivity contribution in [1.29, 1.82) is 0 Å². The molecular formula is C12H24N2. The highest BCUT2D eigenvalue weighted by Crippen LogP contribution is 2.27. The molecule has 1 rings (SSSR count). The van der Waals surface area contributed by atoms with E-state index in [1.54, 1.807) is 0 Å². The lowest BCUT2D eigenvalue weighted by Crippen LogP contribution is -2.31. The van der Waals surface area contributed by atoms with Crippen LogP contribution in [0.5, 0.6) is 0 Å². The Labute approximate surface area is 88.4 Å². The molecule has 1 saturated carbocycles. The van der Waals surface area contributed by atoms with E-state index in [1.807, 2.05) is 7.05 Å². The lowest BCUT2D eigenvalue weighted by molar-refractivity contribution is 0.279. The van der Waals surface area contributed by atoms with Crippen LogP contribution in [0, 0.1) is 0 Å². The zero-order valence-corrected chi connectivity index (χ0v) is 9.68. The van der Waals surface area contributed by atoms with Crippen molar-refractivity contribution in [3.8, 4) is 0 Å². The molecule has 0 aliphatic heterocycles. The predicted molar refractivity (Wildman–Crippen MR) is 62.6 cm³/mol. The van der Waals surface area contributed by atoms with E-state index in [9.17, 15) is 0 Å². The first-order chi connectivity index (χ1) is 6.77. The maximum absolute atomic E-state index is 4.10. The summed E-state index contributed by atoms with van der Waals surface area (Å²) in [6.45, 7) is 9.65. The van der Waals surface area contributed by atoms with Crippen LogP contribution in [-0.4, -0.2) is 37.6 Å². The molecule has 0 bridgehead atoms. The minimum atomic E-state index is 0.871. The first-order valence-electron chi connectivity index (χ1n) is 5.83. The Kier molecular flexibility index (Phi) is 5.20. The van der Waals surface area contributed by atoms with E-state index >= 15 is 0 Å². The van der Waals surface area contributed by atoms with Gasteiger partial charge in [0.25, 0.3) is 0 Å². The Morgan fingerprint density at radius 1 is 1.50 bits per heavy atom. The normalized spacial score (nSPS) is 16.2. The summed E-state index contributed by atoms with van der Waals surface area (Å²) in [5, 5.41) is 3.16. The van der Waals surface area contributed by atoms with Crippen molar-refractivity contribution in [2.45, 2.75) is 38.6 Å². The number of rotatable bonds is 8. The molecule has 0 atom stereocenters. The fraction of sp³-hybridized carbons (Fsp3) is 0.833. The van der Waals surface area contributed by atoms with E-state index in [1.165, 1.54) is 37.8 Å². The van der Waals surface area contributed by atoms with Crippen LogP contribution in [-0.2, 0) is 0 Å². The summed E-state index contributed by atoms with van der Waals surface area (Å²) < 4.78 is 0. The Balaban J connectivity index is 2.23. The van der Waals surface area contributed by atoms with Crippen molar-refractivity contribution in [3.63, 3.8) is 0 Å². The number of hydrogen-bond donors (Lipinski definition) is 1. The quantitative estimate of drug-likeness (QED) is 0.598. The van der Waals surface area contributed by atoms with E-state index in [0.29, 0.717) is 0 Å². The molecule has 0 radical (unpaired) electrons. The van der Waals surface area contributed by atoms with Gasteiger partial charge in [0.1, 0.15) is 0 Å². The van der Waals surface area contributed by atoms with Crippen molar-refractivity contribution >= 4 is 0 Å². The number of nitrogens with one attached hydrogen (secondary N) is 1. The molecule has 2 heteroatoms. The minimum absolute atomic E-state index is 0.871. The molecule has 0 heterocycles. The summed E-state index contributed by atoms with van der Waals surface area (Å²) in [5.74, 6) is 0. The molecule has 82 valence electrons. The highest BCUT2D eigenvalue weighted by molar-refractivity contribution is 5.02. The van der Waals surface area contributed by atoms with E-state index in [4.69, 9.17) is 0 Å². The van der Waals surface area contributed by atoms with Crippen molar-refractivity contribution in [2.24, 2.45) is 0 Å². The van der Waals surface area contributed by atoms with E-state index < -0.39 is 0 Å². The zero-order chi connectivity index (χ0) is 10.4. The molecular weight excluding hydrogens is 172 g/mol. The molecule has 0 saturated heterocycles. The molecule has 1 fully saturated rings. The van der Waals surface area contributed by atoms with Crippen LogP contribution < -0.4 is 5.32 Å². The fourth-order valence-electron chi connectivity index (χ4n) is 1.78. The molecule has 0 unspecified atom stereocenters. The van der Waals surface area contributed by atoms with Crippen LogP contribution in [0.3, 0.4) is 0 Å². The van der Waals surface area contributed by atoms with Gasteiger partial charge in [-0.25, -0.2) is 0 Å². The van der Waals surface area contributed by atoms with Gasteiger partial charge in [0.15, 0.2) is 0 Å². The Morgan fingerprint density at radius 3 is 2.71 bits per heavy atom. The van der Waals surface area contributed by atoms with Gasteiger partial charge in [0.2, 0.25) is 0 Å². The fourth-order valence-corrected chi connectivity index (χ4v) is 1.78. The van der Waals surface area contributed by atoms with Gasteiger partial charge in [-0.3, -0.25) is 4.90 Å². The lowest BCUT2D eigenvalue weighted by Gasteiger charge is -2.22. The van der Waals surface area contributed by atoms with Crippen molar-refractivity contribution < 1.29 is 0 Å². The number of hydrogen-bond acceptors (Lipinski definition) is 2. The molecule has 0 aromatic rings. The Hall–Kier alpha value is -0.340. The van der Waals surface area contributed by atoms with Gasteiger partial charge in [-0.05, 0) is 38.4 Å². The third-order valence-electron chi connectivity index (χ3n) is 2.72. The van der Waals surface area contributed by atoms with Gasteiger partial charge in [0.05, 0.1) is 0 Å². The Morgan fingerprint density at radius 2 is 2.21 bits per heavy atom. The molecule has 0 aromatic heterocycles. The molecule has 1 aliphatic rings. The van der Waals surface area contributed by atoms with Gasteiger partial charge >= 0.3 is 0 Å². The number of unbranched alkanes of at least 4 members (excludes halogenated alkanes) is 1. The van der Waals surface area contributed by atoms with Crippen LogP contribution in [0.15, 0.2) is 12.2 Å². The highest BCUT2D eigenvalue weighted by atomic mass is 15.2. The van der Waals surface area contributed by atoms with E-state index in [0.717, 1.165) is 19.1 Å². The van der Waals surface area contributed by atoms with Crippen LogP contribution in [0.4, 0.5) is 0 Å². The maximum Gasteiger partial charge on any atom is 0.0205 e. The van der Waals surface area contributed by atoms with Gasteiger partial charge in [-0.1, -0.05) is 19.9 Å². The van der Waals surface area contributed by atoms with Gasteiger partial charge in [0, 0.05) is 19.1 Å². The standard InChI is InChI=1S/C12H24N2/c1-4-5-8-14(12-6-7-12)10-11(2)9-13-3/h12-13H,2,4-10H2,1,3H3. The summed E-state index contributed by atoms with van der Waals surface area (Å²) in [6.07, 6.45) is 5.41. The van der Waals surface area contributed by atoms with Gasteiger partial charge < -0.3 is 5.32 Å². The molecule has 0 spiro atoms. The molecule has 1 N–H and O–H groups in total. The molecule has 2 nitrogen and oxygen atoms in total. The van der Waals surface area contributed by atoms with Crippen LogP contribution >= 0.6 is 0 Å². The average molecular weight is 196 g/mol. The van der Waals surface area contributed by atoms with E-state index in [-0.39, 0.29) is 0 Å². The first-order valence-corrected chi connectivity index (χ1v) is 5.83. The maximum atomic E-state index is 4.10. The summed E-state index contributed by atoms with van der Waals surface area (Å²) in [6, 6.07) is 0.871. The summed E-state index contributed by atoms with van der Waals surface area (Å²) >= 11 is 0. The zero-order valence-electron chi connectivity index (χ0n) is 9.68. The number of likely N-dealkylation sites (N-methyl/N-ethyl adjacent to an activating group) is 1. The van der Waals surface area contributed by atoms with Crippen LogP contribution in [0.2, 0.25) is 0 Å². The molecule has 0 amide bonds. The third-order valence-corrected chi connectivity index (χ3v) is 2.72. The third kappa shape index (κ3) is 4.25. The lowest BCUT2D eigenvalue weighted by atomic mass is 10.2. The second-order valence-corrected chi connectivity index (χ2v) is 4.34. The minimum Gasteiger partial charge on any atom is -0.316 e. The monoisotopic (exact) mass is 196 g/mol. The van der Waals surface area contributed by atoms with Crippen molar-refractivity contribution in [2.75, 3.05) is 26.7 Å².